The fourth-order valence-corrected chi connectivity index (χ4v) is 3.15. The van der Waals surface area contributed by atoms with Crippen LogP contribution in [0, 0.1) is 0 Å². The summed E-state index contributed by atoms with van der Waals surface area (Å²) < 4.78 is 0. The van der Waals surface area contributed by atoms with Gasteiger partial charge in [0, 0.05) is 21.7 Å². The van der Waals surface area contributed by atoms with Crippen molar-refractivity contribution >= 4 is 45.6 Å². The lowest BCUT2D eigenvalue weighted by atomic mass is 10.1. The molecule has 0 aliphatic heterocycles. The standard InChI is InChI=1S/C19H16ClN3O2S/c1-2-12-5-3-4-6-15(12)21-18(25)16-11-26-19(22-16)23-17(24)13-7-9-14(20)10-8-13/h3-11H,2H2,1H3,(H,21,25)(H,22,23,24). The summed E-state index contributed by atoms with van der Waals surface area (Å²) in [5.74, 6) is -0.617. The Labute approximate surface area is 160 Å². The van der Waals surface area contributed by atoms with Gasteiger partial charge in [-0.25, -0.2) is 4.98 Å². The van der Waals surface area contributed by atoms with Gasteiger partial charge in [0.15, 0.2) is 5.13 Å². The second-order valence-electron chi connectivity index (χ2n) is 5.46. The van der Waals surface area contributed by atoms with Crippen LogP contribution in [0.2, 0.25) is 5.02 Å². The Balaban J connectivity index is 1.68. The van der Waals surface area contributed by atoms with E-state index in [4.69, 9.17) is 11.6 Å². The number of carbonyl (C=O) groups excluding carboxylic acids is 2. The van der Waals surface area contributed by atoms with E-state index in [0.717, 1.165) is 17.7 Å². The van der Waals surface area contributed by atoms with E-state index in [0.29, 0.717) is 15.7 Å². The molecule has 0 spiro atoms. The van der Waals surface area contributed by atoms with Gasteiger partial charge in [0.05, 0.1) is 0 Å². The number of aryl methyl sites for hydroxylation is 1. The minimum Gasteiger partial charge on any atom is -0.320 e. The molecular weight excluding hydrogens is 370 g/mol. The third-order valence-electron chi connectivity index (χ3n) is 3.71. The third-order valence-corrected chi connectivity index (χ3v) is 4.72. The molecule has 0 aliphatic carbocycles. The topological polar surface area (TPSA) is 71.1 Å². The maximum Gasteiger partial charge on any atom is 0.275 e. The van der Waals surface area contributed by atoms with E-state index >= 15 is 0 Å². The molecule has 0 saturated carbocycles. The number of para-hydroxylation sites is 1. The molecule has 2 aromatic carbocycles. The lowest BCUT2D eigenvalue weighted by molar-refractivity contribution is 0.101. The lowest BCUT2D eigenvalue weighted by Gasteiger charge is -2.08. The molecule has 7 heteroatoms. The quantitative estimate of drug-likeness (QED) is 0.658. The first-order valence-corrected chi connectivity index (χ1v) is 9.24. The number of halogens is 1. The third kappa shape index (κ3) is 4.28. The number of amides is 2. The molecule has 0 radical (unpaired) electrons. The highest BCUT2D eigenvalue weighted by molar-refractivity contribution is 7.14. The van der Waals surface area contributed by atoms with Crippen LogP contribution in [-0.2, 0) is 6.42 Å². The van der Waals surface area contributed by atoms with Gasteiger partial charge in [-0.1, -0.05) is 36.7 Å². The Morgan fingerprint density at radius 2 is 1.77 bits per heavy atom. The summed E-state index contributed by atoms with van der Waals surface area (Å²) in [6.45, 7) is 2.03. The Morgan fingerprint density at radius 1 is 1.04 bits per heavy atom. The van der Waals surface area contributed by atoms with Gasteiger partial charge in [-0.3, -0.25) is 14.9 Å². The van der Waals surface area contributed by atoms with E-state index in [1.165, 1.54) is 11.3 Å². The molecule has 2 N–H and O–H groups in total. The maximum atomic E-state index is 12.4. The Kier molecular flexibility index (Phi) is 5.65. The van der Waals surface area contributed by atoms with Gasteiger partial charge in [0.2, 0.25) is 0 Å². The van der Waals surface area contributed by atoms with Crippen LogP contribution in [0.4, 0.5) is 10.8 Å². The number of nitrogens with zero attached hydrogens (tertiary/aromatic N) is 1. The van der Waals surface area contributed by atoms with Gasteiger partial charge < -0.3 is 5.32 Å². The van der Waals surface area contributed by atoms with Gasteiger partial charge in [0.1, 0.15) is 5.69 Å². The first kappa shape index (κ1) is 18.1. The average Bonchev–Trinajstić information content (AvgIpc) is 3.11. The zero-order valence-corrected chi connectivity index (χ0v) is 15.5. The number of thiazole rings is 1. The van der Waals surface area contributed by atoms with Gasteiger partial charge >= 0.3 is 0 Å². The van der Waals surface area contributed by atoms with Gasteiger partial charge in [0.25, 0.3) is 11.8 Å². The molecule has 1 aromatic heterocycles. The van der Waals surface area contributed by atoms with Crippen LogP contribution in [0.3, 0.4) is 0 Å². The van der Waals surface area contributed by atoms with Crippen molar-refractivity contribution in [2.24, 2.45) is 0 Å². The number of anilines is 2. The van der Waals surface area contributed by atoms with Crippen LogP contribution < -0.4 is 10.6 Å². The summed E-state index contributed by atoms with van der Waals surface area (Å²) in [7, 11) is 0. The first-order chi connectivity index (χ1) is 12.6. The minimum atomic E-state index is -0.311. The van der Waals surface area contributed by atoms with Crippen LogP contribution in [0.5, 0.6) is 0 Å². The summed E-state index contributed by atoms with van der Waals surface area (Å²) >= 11 is 7.01. The molecule has 3 aromatic rings. The molecule has 5 nitrogen and oxygen atoms in total. The van der Waals surface area contributed by atoms with E-state index < -0.39 is 0 Å². The van der Waals surface area contributed by atoms with E-state index in [9.17, 15) is 9.59 Å². The monoisotopic (exact) mass is 385 g/mol. The summed E-state index contributed by atoms with van der Waals surface area (Å²) in [4.78, 5) is 28.8. The molecular formula is C19H16ClN3O2S. The predicted octanol–water partition coefficient (Wildman–Crippen LogP) is 4.86. The fraction of sp³-hybridized carbons (Fsp3) is 0.105. The molecule has 0 unspecified atom stereocenters. The number of benzene rings is 2. The number of carbonyl (C=O) groups is 2. The van der Waals surface area contributed by atoms with Crippen LogP contribution in [-0.4, -0.2) is 16.8 Å². The molecule has 0 bridgehead atoms. The first-order valence-electron chi connectivity index (χ1n) is 7.98. The van der Waals surface area contributed by atoms with Crippen molar-refractivity contribution in [3.8, 4) is 0 Å². The maximum absolute atomic E-state index is 12.4. The van der Waals surface area contributed by atoms with Gasteiger partial charge in [-0.05, 0) is 42.3 Å². The Hall–Kier alpha value is -2.70. The zero-order chi connectivity index (χ0) is 18.5. The number of rotatable bonds is 5. The summed E-state index contributed by atoms with van der Waals surface area (Å²) in [6, 6.07) is 14.2. The zero-order valence-electron chi connectivity index (χ0n) is 14.0. The highest BCUT2D eigenvalue weighted by atomic mass is 35.5. The van der Waals surface area contributed by atoms with Crippen molar-refractivity contribution in [2.45, 2.75) is 13.3 Å². The van der Waals surface area contributed by atoms with E-state index in [-0.39, 0.29) is 17.5 Å². The molecule has 1 heterocycles. The second-order valence-corrected chi connectivity index (χ2v) is 6.76. The van der Waals surface area contributed by atoms with Crippen molar-refractivity contribution in [3.63, 3.8) is 0 Å². The van der Waals surface area contributed by atoms with E-state index in [1.807, 2.05) is 31.2 Å². The molecule has 0 aliphatic rings. The number of hydrogen-bond acceptors (Lipinski definition) is 4. The van der Waals surface area contributed by atoms with Crippen molar-refractivity contribution in [1.29, 1.82) is 0 Å². The molecule has 0 saturated heterocycles. The van der Waals surface area contributed by atoms with E-state index in [2.05, 4.69) is 15.6 Å². The largest absolute Gasteiger partial charge is 0.320 e. The average molecular weight is 386 g/mol. The Bertz CT molecular complexity index is 938. The summed E-state index contributed by atoms with van der Waals surface area (Å²) in [5, 5.41) is 8.07. The van der Waals surface area contributed by atoms with Crippen molar-refractivity contribution in [3.05, 3.63) is 75.8 Å². The smallest absolute Gasteiger partial charge is 0.275 e. The summed E-state index contributed by atoms with van der Waals surface area (Å²) in [6.07, 6.45) is 0.815. The predicted molar refractivity (Wildman–Crippen MR) is 105 cm³/mol. The minimum absolute atomic E-state index is 0.257. The van der Waals surface area contributed by atoms with Gasteiger partial charge in [-0.15, -0.1) is 11.3 Å². The molecule has 0 atom stereocenters. The fourth-order valence-electron chi connectivity index (χ4n) is 2.34. The summed E-state index contributed by atoms with van der Waals surface area (Å²) in [5.41, 5.74) is 2.53. The number of hydrogen-bond donors (Lipinski definition) is 2. The lowest BCUT2D eigenvalue weighted by Crippen LogP contribution is -2.15. The number of nitrogens with one attached hydrogen (secondary N) is 2. The van der Waals surface area contributed by atoms with Crippen molar-refractivity contribution in [2.75, 3.05) is 10.6 Å². The second kappa shape index (κ2) is 8.12. The van der Waals surface area contributed by atoms with Crippen LogP contribution in [0.1, 0.15) is 33.3 Å². The molecule has 132 valence electrons. The highest BCUT2D eigenvalue weighted by Crippen LogP contribution is 2.20. The van der Waals surface area contributed by atoms with Crippen molar-refractivity contribution in [1.82, 2.24) is 4.98 Å². The van der Waals surface area contributed by atoms with Crippen molar-refractivity contribution < 1.29 is 9.59 Å². The highest BCUT2D eigenvalue weighted by Gasteiger charge is 2.14. The molecule has 2 amide bonds. The number of aromatic nitrogens is 1. The van der Waals surface area contributed by atoms with Crippen LogP contribution in [0.15, 0.2) is 53.9 Å². The molecule has 26 heavy (non-hydrogen) atoms. The van der Waals surface area contributed by atoms with E-state index in [1.54, 1.807) is 29.6 Å². The van der Waals surface area contributed by atoms with Crippen LogP contribution in [0.25, 0.3) is 0 Å². The SMILES string of the molecule is CCc1ccccc1NC(=O)c1csc(NC(=O)c2ccc(Cl)cc2)n1. The molecule has 3 rings (SSSR count). The van der Waals surface area contributed by atoms with Crippen LogP contribution >= 0.6 is 22.9 Å². The normalized spacial score (nSPS) is 10.4. The van der Waals surface area contributed by atoms with Gasteiger partial charge in [-0.2, -0.15) is 0 Å². The molecule has 0 fully saturated rings. The Morgan fingerprint density at radius 3 is 2.50 bits per heavy atom.